The van der Waals surface area contributed by atoms with Gasteiger partial charge < -0.3 is 24.6 Å². The van der Waals surface area contributed by atoms with E-state index >= 15 is 0 Å². The molecule has 1 saturated heterocycles. The number of benzene rings is 1. The minimum absolute atomic E-state index is 0.0829. The molecule has 1 aromatic carbocycles. The van der Waals surface area contributed by atoms with Crippen LogP contribution >= 0.6 is 0 Å². The molecule has 0 saturated carbocycles. The quantitative estimate of drug-likeness (QED) is 0.487. The van der Waals surface area contributed by atoms with Crippen molar-refractivity contribution in [2.75, 3.05) is 20.3 Å². The molecule has 11 heteroatoms. The van der Waals surface area contributed by atoms with Crippen LogP contribution in [0, 0.1) is 17.2 Å². The summed E-state index contributed by atoms with van der Waals surface area (Å²) in [4.78, 5) is 26.5. The van der Waals surface area contributed by atoms with Gasteiger partial charge in [0.25, 0.3) is 11.8 Å². The molecule has 1 fully saturated rings. The van der Waals surface area contributed by atoms with Gasteiger partial charge in [0.15, 0.2) is 11.5 Å². The number of hydrogen-bond donors (Lipinski definition) is 2. The van der Waals surface area contributed by atoms with Gasteiger partial charge in [-0.1, -0.05) is 20.8 Å². The lowest BCUT2D eigenvalue weighted by atomic mass is 9.86. The maximum Gasteiger partial charge on any atom is 0.273 e. The van der Waals surface area contributed by atoms with Gasteiger partial charge in [-0.2, -0.15) is 5.10 Å². The Kier molecular flexibility index (Phi) is 7.58. The number of aromatic nitrogens is 3. The smallest absolute Gasteiger partial charge is 0.273 e. The van der Waals surface area contributed by atoms with Crippen molar-refractivity contribution in [1.82, 2.24) is 25.6 Å². The Hall–Kier alpha value is -3.47. The van der Waals surface area contributed by atoms with Gasteiger partial charge in [-0.15, -0.1) is 0 Å². The predicted molar refractivity (Wildman–Crippen MR) is 129 cm³/mol. The zero-order valence-electron chi connectivity index (χ0n) is 21.0. The number of carbonyl (C=O) groups is 2. The fraction of sp³-hybridized carbons (Fsp3) is 0.520. The van der Waals surface area contributed by atoms with Gasteiger partial charge in [0, 0.05) is 31.2 Å². The maximum absolute atomic E-state index is 14.1. The largest absolute Gasteiger partial charge is 0.479 e. The molecule has 0 spiro atoms. The van der Waals surface area contributed by atoms with Crippen molar-refractivity contribution < 1.29 is 28.0 Å². The lowest BCUT2D eigenvalue weighted by Crippen LogP contribution is -2.53. The molecule has 1 aliphatic heterocycles. The van der Waals surface area contributed by atoms with E-state index < -0.39 is 23.2 Å². The highest BCUT2D eigenvalue weighted by Gasteiger charge is 2.34. The van der Waals surface area contributed by atoms with Crippen LogP contribution in [0.1, 0.15) is 49.9 Å². The van der Waals surface area contributed by atoms with E-state index in [1.807, 2.05) is 20.8 Å². The first-order valence-electron chi connectivity index (χ1n) is 12.0. The van der Waals surface area contributed by atoms with E-state index in [1.54, 1.807) is 16.8 Å². The number of ether oxygens (including phenoxy) is 2. The molecular formula is C25H32FN5O5. The number of halogens is 1. The van der Waals surface area contributed by atoms with Crippen LogP contribution in [0.3, 0.4) is 0 Å². The third-order valence-electron chi connectivity index (χ3n) is 6.29. The summed E-state index contributed by atoms with van der Waals surface area (Å²) in [5.74, 6) is -0.252. The topological polar surface area (TPSA) is 121 Å². The maximum atomic E-state index is 14.1. The van der Waals surface area contributed by atoms with Crippen molar-refractivity contribution in [3.8, 4) is 5.88 Å². The van der Waals surface area contributed by atoms with Crippen molar-refractivity contribution in [2.45, 2.75) is 52.7 Å². The average molecular weight is 502 g/mol. The number of rotatable bonds is 8. The summed E-state index contributed by atoms with van der Waals surface area (Å²) in [6, 6.07) is 4.95. The molecule has 2 amide bonds. The Bertz CT molecular complexity index is 1230. The molecule has 3 heterocycles. The molecule has 4 rings (SSSR count). The fourth-order valence-corrected chi connectivity index (χ4v) is 4.25. The Morgan fingerprint density at radius 2 is 2.00 bits per heavy atom. The average Bonchev–Trinajstić information content (AvgIpc) is 3.45. The van der Waals surface area contributed by atoms with E-state index in [4.69, 9.17) is 14.0 Å². The van der Waals surface area contributed by atoms with Crippen LogP contribution in [0.2, 0.25) is 0 Å². The number of nitrogens with zero attached hydrogens (tertiary/aromatic N) is 3. The molecule has 2 aromatic heterocycles. The summed E-state index contributed by atoms with van der Waals surface area (Å²) in [7, 11) is 1.47. The highest BCUT2D eigenvalue weighted by Crippen LogP contribution is 2.25. The van der Waals surface area contributed by atoms with Gasteiger partial charge in [0.1, 0.15) is 11.9 Å². The number of amides is 2. The summed E-state index contributed by atoms with van der Waals surface area (Å²) in [6.45, 7) is 7.55. The van der Waals surface area contributed by atoms with E-state index in [2.05, 4.69) is 20.9 Å². The molecule has 1 aliphatic rings. The number of nitrogens with one attached hydrogen (secondary N) is 2. The first kappa shape index (κ1) is 25.6. The fourth-order valence-electron chi connectivity index (χ4n) is 4.25. The zero-order valence-corrected chi connectivity index (χ0v) is 21.0. The first-order chi connectivity index (χ1) is 17.2. The second kappa shape index (κ2) is 10.7. The Labute approximate surface area is 208 Å². The molecule has 1 unspecified atom stereocenters. The summed E-state index contributed by atoms with van der Waals surface area (Å²) in [6.07, 6.45) is 1.75. The predicted octanol–water partition coefficient (Wildman–Crippen LogP) is 3.06. The van der Waals surface area contributed by atoms with Gasteiger partial charge in [0.05, 0.1) is 19.2 Å². The van der Waals surface area contributed by atoms with E-state index in [1.165, 1.54) is 19.2 Å². The van der Waals surface area contributed by atoms with E-state index in [9.17, 15) is 14.0 Å². The number of fused-ring (bicyclic) bond motifs is 1. The molecule has 0 bridgehead atoms. The molecular weight excluding hydrogens is 469 g/mol. The standard InChI is InChI=1S/C25H32FN5O5/c1-25(2,3)22(24(33)27-13-17-12-20(34-4)30-36-17)28-23(32)21-18-6-5-16(26)11-19(18)31(29-21)14-15-7-9-35-10-8-15/h5-6,11-12,15,22H,7-10,13-14H2,1-4H3,(H,27,33)(H,28,32). The van der Waals surface area contributed by atoms with Gasteiger partial charge in [-0.25, -0.2) is 4.39 Å². The highest BCUT2D eigenvalue weighted by molar-refractivity contribution is 6.06. The number of methoxy groups -OCH3 is 1. The van der Waals surface area contributed by atoms with Crippen LogP contribution < -0.4 is 15.4 Å². The highest BCUT2D eigenvalue weighted by atomic mass is 19.1. The van der Waals surface area contributed by atoms with Crippen LogP contribution in [0.5, 0.6) is 5.88 Å². The lowest BCUT2D eigenvalue weighted by molar-refractivity contribution is -0.125. The second-order valence-corrected chi connectivity index (χ2v) is 10.1. The van der Waals surface area contributed by atoms with Gasteiger partial charge in [0.2, 0.25) is 5.91 Å². The van der Waals surface area contributed by atoms with Gasteiger partial charge in [-0.05, 0) is 47.5 Å². The van der Waals surface area contributed by atoms with Crippen LogP contribution in [-0.2, 0) is 22.6 Å². The minimum Gasteiger partial charge on any atom is -0.479 e. The van der Waals surface area contributed by atoms with Crippen molar-refractivity contribution in [3.63, 3.8) is 0 Å². The van der Waals surface area contributed by atoms with Gasteiger partial charge >= 0.3 is 0 Å². The van der Waals surface area contributed by atoms with Crippen molar-refractivity contribution in [3.05, 3.63) is 41.5 Å². The van der Waals surface area contributed by atoms with E-state index in [0.29, 0.717) is 48.2 Å². The van der Waals surface area contributed by atoms with Crippen LogP contribution in [0.4, 0.5) is 4.39 Å². The van der Waals surface area contributed by atoms with Crippen LogP contribution in [0.25, 0.3) is 10.9 Å². The molecule has 2 N–H and O–H groups in total. The van der Waals surface area contributed by atoms with Crippen molar-refractivity contribution in [1.29, 1.82) is 0 Å². The van der Waals surface area contributed by atoms with Crippen LogP contribution in [0.15, 0.2) is 28.8 Å². The zero-order chi connectivity index (χ0) is 25.9. The minimum atomic E-state index is -0.869. The Balaban J connectivity index is 1.54. The van der Waals surface area contributed by atoms with Crippen molar-refractivity contribution >= 4 is 22.7 Å². The second-order valence-electron chi connectivity index (χ2n) is 10.1. The number of carbonyl (C=O) groups excluding carboxylic acids is 2. The van der Waals surface area contributed by atoms with Gasteiger partial charge in [-0.3, -0.25) is 14.3 Å². The summed E-state index contributed by atoms with van der Waals surface area (Å²) >= 11 is 0. The molecule has 36 heavy (non-hydrogen) atoms. The third-order valence-corrected chi connectivity index (χ3v) is 6.29. The van der Waals surface area contributed by atoms with E-state index in [-0.39, 0.29) is 18.1 Å². The van der Waals surface area contributed by atoms with Crippen LogP contribution in [-0.4, -0.2) is 53.1 Å². The SMILES string of the molecule is COc1cc(CNC(=O)C(NC(=O)c2nn(CC3CCOCC3)c3cc(F)ccc23)C(C)(C)C)on1. The normalized spacial score (nSPS) is 15.6. The van der Waals surface area contributed by atoms with E-state index in [0.717, 1.165) is 12.8 Å². The molecule has 0 radical (unpaired) electrons. The third kappa shape index (κ3) is 5.84. The monoisotopic (exact) mass is 501 g/mol. The molecule has 3 aromatic rings. The molecule has 10 nitrogen and oxygen atoms in total. The Morgan fingerprint density at radius 3 is 2.67 bits per heavy atom. The first-order valence-corrected chi connectivity index (χ1v) is 12.0. The molecule has 194 valence electrons. The molecule has 1 atom stereocenters. The Morgan fingerprint density at radius 1 is 1.25 bits per heavy atom. The molecule has 0 aliphatic carbocycles. The summed E-state index contributed by atoms with van der Waals surface area (Å²) < 4.78 is 31.3. The summed E-state index contributed by atoms with van der Waals surface area (Å²) in [5, 5.41) is 14.4. The number of hydrogen-bond acceptors (Lipinski definition) is 7. The summed E-state index contributed by atoms with van der Waals surface area (Å²) in [5.41, 5.74) is 0.0903. The lowest BCUT2D eigenvalue weighted by Gasteiger charge is -2.30. The van der Waals surface area contributed by atoms with Crippen molar-refractivity contribution in [2.24, 2.45) is 11.3 Å².